The van der Waals surface area contributed by atoms with Crippen molar-refractivity contribution in [2.45, 2.75) is 31.7 Å². The number of hydrogen-bond acceptors (Lipinski definition) is 5. The number of rotatable bonds is 6. The van der Waals surface area contributed by atoms with Crippen molar-refractivity contribution in [2.75, 3.05) is 7.11 Å². The molecule has 1 aliphatic carbocycles. The fourth-order valence-corrected chi connectivity index (χ4v) is 3.84. The van der Waals surface area contributed by atoms with Crippen LogP contribution in [0.15, 0.2) is 65.3 Å². The SMILES string of the molecule is CCn1nccc1-c1cccc(-c2noc(C3(c4ccc(OC)cc4)CC3)n2)c1. The number of ether oxygens (including phenoxy) is 1. The summed E-state index contributed by atoms with van der Waals surface area (Å²) >= 11 is 0. The van der Waals surface area contributed by atoms with Gasteiger partial charge in [-0.1, -0.05) is 35.5 Å². The molecule has 0 radical (unpaired) electrons. The summed E-state index contributed by atoms with van der Waals surface area (Å²) in [7, 11) is 1.67. The van der Waals surface area contributed by atoms with Crippen LogP contribution in [0.2, 0.25) is 0 Å². The predicted octanol–water partition coefficient (Wildman–Crippen LogP) is 4.71. The van der Waals surface area contributed by atoms with E-state index in [-0.39, 0.29) is 5.41 Å². The van der Waals surface area contributed by atoms with Gasteiger partial charge < -0.3 is 9.26 Å². The van der Waals surface area contributed by atoms with E-state index in [1.807, 2.05) is 41.2 Å². The summed E-state index contributed by atoms with van der Waals surface area (Å²) in [6.07, 6.45) is 3.84. The van der Waals surface area contributed by atoms with E-state index in [9.17, 15) is 0 Å². The normalized spacial score (nSPS) is 14.7. The van der Waals surface area contributed by atoms with Crippen LogP contribution < -0.4 is 4.74 Å². The van der Waals surface area contributed by atoms with Crippen LogP contribution in [0.1, 0.15) is 31.2 Å². The van der Waals surface area contributed by atoms with Crippen LogP contribution >= 0.6 is 0 Å². The number of benzene rings is 2. The molecule has 0 N–H and O–H groups in total. The number of aromatic nitrogens is 4. The average molecular weight is 386 g/mol. The first kappa shape index (κ1) is 17.7. The minimum Gasteiger partial charge on any atom is -0.497 e. The zero-order valence-electron chi connectivity index (χ0n) is 16.5. The topological polar surface area (TPSA) is 66.0 Å². The van der Waals surface area contributed by atoms with Crippen molar-refractivity contribution in [2.24, 2.45) is 0 Å². The molecule has 1 aliphatic rings. The van der Waals surface area contributed by atoms with Crippen molar-refractivity contribution in [1.82, 2.24) is 19.9 Å². The van der Waals surface area contributed by atoms with E-state index in [1.54, 1.807) is 7.11 Å². The monoisotopic (exact) mass is 386 g/mol. The Balaban J connectivity index is 1.47. The van der Waals surface area contributed by atoms with Gasteiger partial charge in [-0.05, 0) is 49.6 Å². The molecule has 2 aromatic heterocycles. The summed E-state index contributed by atoms with van der Waals surface area (Å²) < 4.78 is 13.0. The van der Waals surface area contributed by atoms with Crippen molar-refractivity contribution < 1.29 is 9.26 Å². The average Bonchev–Trinajstić information content (AvgIpc) is 3.21. The van der Waals surface area contributed by atoms with E-state index in [0.29, 0.717) is 11.7 Å². The van der Waals surface area contributed by atoms with E-state index in [4.69, 9.17) is 14.2 Å². The molecule has 4 aromatic rings. The summed E-state index contributed by atoms with van der Waals surface area (Å²) in [4.78, 5) is 4.77. The van der Waals surface area contributed by atoms with Crippen LogP contribution in [-0.2, 0) is 12.0 Å². The molecule has 0 atom stereocenters. The first-order valence-corrected chi connectivity index (χ1v) is 9.85. The molecule has 5 rings (SSSR count). The molecule has 1 fully saturated rings. The van der Waals surface area contributed by atoms with Crippen LogP contribution in [0.5, 0.6) is 5.75 Å². The second-order valence-electron chi connectivity index (χ2n) is 7.35. The number of nitrogens with zero attached hydrogens (tertiary/aromatic N) is 4. The molecule has 0 unspecified atom stereocenters. The third-order valence-electron chi connectivity index (χ3n) is 5.66. The Hall–Kier alpha value is -3.41. The van der Waals surface area contributed by atoms with E-state index in [1.165, 1.54) is 5.56 Å². The molecule has 146 valence electrons. The van der Waals surface area contributed by atoms with Gasteiger partial charge in [-0.3, -0.25) is 4.68 Å². The zero-order chi connectivity index (χ0) is 19.8. The lowest BCUT2D eigenvalue weighted by Gasteiger charge is -2.11. The Bertz CT molecular complexity index is 1140. The highest BCUT2D eigenvalue weighted by atomic mass is 16.5. The maximum atomic E-state index is 5.72. The van der Waals surface area contributed by atoms with Gasteiger partial charge >= 0.3 is 0 Å². The minimum atomic E-state index is -0.171. The molecular weight excluding hydrogens is 364 g/mol. The molecule has 29 heavy (non-hydrogen) atoms. The molecule has 6 nitrogen and oxygen atoms in total. The molecule has 6 heteroatoms. The van der Waals surface area contributed by atoms with Crippen molar-refractivity contribution in [3.05, 3.63) is 72.2 Å². The molecule has 0 spiro atoms. The summed E-state index contributed by atoms with van der Waals surface area (Å²) in [5.41, 5.74) is 4.12. The van der Waals surface area contributed by atoms with Gasteiger partial charge in [0.25, 0.3) is 0 Å². The standard InChI is InChI=1S/C23H22N4O2/c1-3-27-20(11-14-24-27)16-5-4-6-17(15-16)21-25-22(29-26-21)23(12-13-23)18-7-9-19(28-2)10-8-18/h4-11,14-15H,3,12-13H2,1-2H3. The Labute approximate surface area is 169 Å². The Morgan fingerprint density at radius 2 is 1.86 bits per heavy atom. The van der Waals surface area contributed by atoms with Gasteiger partial charge in [-0.2, -0.15) is 10.1 Å². The van der Waals surface area contributed by atoms with Crippen LogP contribution in [0.25, 0.3) is 22.6 Å². The van der Waals surface area contributed by atoms with Gasteiger partial charge in [-0.15, -0.1) is 0 Å². The smallest absolute Gasteiger partial charge is 0.237 e. The highest BCUT2D eigenvalue weighted by molar-refractivity contribution is 5.68. The summed E-state index contributed by atoms with van der Waals surface area (Å²) in [6.45, 7) is 2.91. The third kappa shape index (κ3) is 3.01. The van der Waals surface area contributed by atoms with Crippen molar-refractivity contribution in [3.8, 4) is 28.4 Å². The number of methoxy groups -OCH3 is 1. The quantitative estimate of drug-likeness (QED) is 0.480. The van der Waals surface area contributed by atoms with Crippen LogP contribution in [-0.4, -0.2) is 27.0 Å². The molecule has 0 bridgehead atoms. The van der Waals surface area contributed by atoms with Crippen LogP contribution in [0.4, 0.5) is 0 Å². The van der Waals surface area contributed by atoms with E-state index < -0.39 is 0 Å². The van der Waals surface area contributed by atoms with Gasteiger partial charge in [-0.25, -0.2) is 0 Å². The zero-order valence-corrected chi connectivity index (χ0v) is 16.5. The van der Waals surface area contributed by atoms with Gasteiger partial charge in [0.05, 0.1) is 18.2 Å². The van der Waals surface area contributed by atoms with Crippen molar-refractivity contribution in [1.29, 1.82) is 0 Å². The predicted molar refractivity (Wildman–Crippen MR) is 110 cm³/mol. The van der Waals surface area contributed by atoms with E-state index >= 15 is 0 Å². The lowest BCUT2D eigenvalue weighted by atomic mass is 9.96. The lowest BCUT2D eigenvalue weighted by Crippen LogP contribution is -2.09. The largest absolute Gasteiger partial charge is 0.497 e. The first-order valence-electron chi connectivity index (χ1n) is 9.85. The van der Waals surface area contributed by atoms with Gasteiger partial charge in [0.1, 0.15) is 5.75 Å². The summed E-state index contributed by atoms with van der Waals surface area (Å²) in [5.74, 6) is 2.14. The van der Waals surface area contributed by atoms with Crippen LogP contribution in [0, 0.1) is 0 Å². The highest BCUT2D eigenvalue weighted by Gasteiger charge is 2.51. The second-order valence-corrected chi connectivity index (χ2v) is 7.35. The maximum Gasteiger partial charge on any atom is 0.237 e. The minimum absolute atomic E-state index is 0.171. The Morgan fingerprint density at radius 1 is 1.07 bits per heavy atom. The summed E-state index contributed by atoms with van der Waals surface area (Å²) in [5, 5.41) is 8.65. The van der Waals surface area contributed by atoms with Crippen molar-refractivity contribution in [3.63, 3.8) is 0 Å². The number of aryl methyl sites for hydroxylation is 1. The molecule has 2 heterocycles. The third-order valence-corrected chi connectivity index (χ3v) is 5.66. The fourth-order valence-electron chi connectivity index (χ4n) is 3.84. The lowest BCUT2D eigenvalue weighted by molar-refractivity contribution is 0.360. The Morgan fingerprint density at radius 3 is 2.59 bits per heavy atom. The molecule has 0 saturated heterocycles. The Kier molecular flexibility index (Phi) is 4.19. The highest BCUT2D eigenvalue weighted by Crippen LogP contribution is 2.53. The van der Waals surface area contributed by atoms with E-state index in [0.717, 1.165) is 42.0 Å². The van der Waals surface area contributed by atoms with Gasteiger partial charge in [0.2, 0.25) is 11.7 Å². The molecule has 0 aliphatic heterocycles. The second kappa shape index (κ2) is 6.88. The number of hydrogen-bond donors (Lipinski definition) is 0. The molecule has 1 saturated carbocycles. The molecule has 2 aromatic carbocycles. The maximum absolute atomic E-state index is 5.72. The van der Waals surface area contributed by atoms with Crippen LogP contribution in [0.3, 0.4) is 0 Å². The molecular formula is C23H22N4O2. The van der Waals surface area contributed by atoms with E-state index in [2.05, 4.69) is 41.4 Å². The molecule has 0 amide bonds. The van der Waals surface area contributed by atoms with Gasteiger partial charge in [0, 0.05) is 23.9 Å². The first-order chi connectivity index (χ1) is 14.2. The fraction of sp³-hybridized carbons (Fsp3) is 0.261. The summed E-state index contributed by atoms with van der Waals surface area (Å²) in [6, 6.07) is 18.3. The van der Waals surface area contributed by atoms with Gasteiger partial charge in [0.15, 0.2) is 0 Å². The van der Waals surface area contributed by atoms with Crippen molar-refractivity contribution >= 4 is 0 Å².